The van der Waals surface area contributed by atoms with E-state index in [9.17, 15) is 9.59 Å². The van der Waals surface area contributed by atoms with E-state index in [4.69, 9.17) is 0 Å². The van der Waals surface area contributed by atoms with E-state index in [1.807, 2.05) is 66.9 Å². The van der Waals surface area contributed by atoms with Crippen molar-refractivity contribution >= 4 is 27.7 Å². The molecule has 0 spiro atoms. The number of Topliss-reactive ketones (excluding diaryl/α,β-unsaturated/α-hetero) is 1. The Morgan fingerprint density at radius 1 is 1.00 bits per heavy atom. The van der Waals surface area contributed by atoms with Gasteiger partial charge in [-0.25, -0.2) is 4.79 Å². The summed E-state index contributed by atoms with van der Waals surface area (Å²) in [7, 11) is 0. The number of hydrogen-bond acceptors (Lipinski definition) is 3. The van der Waals surface area contributed by atoms with Crippen molar-refractivity contribution in [2.45, 2.75) is 38.8 Å². The van der Waals surface area contributed by atoms with Gasteiger partial charge in [0.15, 0.2) is 5.78 Å². The molecule has 6 nitrogen and oxygen atoms in total. The van der Waals surface area contributed by atoms with Crippen LogP contribution in [0.2, 0.25) is 0 Å². The molecule has 0 unspecified atom stereocenters. The topological polar surface area (TPSA) is 73.9 Å². The van der Waals surface area contributed by atoms with Crippen LogP contribution in [0.25, 0.3) is 21.9 Å². The van der Waals surface area contributed by atoms with Crippen LogP contribution in [-0.4, -0.2) is 44.3 Å². The van der Waals surface area contributed by atoms with E-state index in [1.165, 1.54) is 0 Å². The molecule has 30 heavy (non-hydrogen) atoms. The third-order valence-corrected chi connectivity index (χ3v) is 6.56. The Morgan fingerprint density at radius 3 is 2.43 bits per heavy atom. The predicted molar refractivity (Wildman–Crippen MR) is 119 cm³/mol. The fraction of sp³-hybridized carbons (Fsp3) is 0.333. The minimum Gasteiger partial charge on any atom is -0.358 e. The van der Waals surface area contributed by atoms with Crippen LogP contribution < -0.4 is 5.69 Å². The molecule has 6 heteroatoms. The molecule has 4 aromatic rings. The third kappa shape index (κ3) is 2.99. The number of aryl methyl sites for hydroxylation is 1. The van der Waals surface area contributed by atoms with E-state index >= 15 is 0 Å². The fourth-order valence-corrected chi connectivity index (χ4v) is 4.94. The van der Waals surface area contributed by atoms with Crippen LogP contribution in [0.3, 0.4) is 0 Å². The van der Waals surface area contributed by atoms with Gasteiger partial charge in [0.25, 0.3) is 0 Å². The first-order valence-corrected chi connectivity index (χ1v) is 10.6. The second-order valence-electron chi connectivity index (χ2n) is 8.30. The quantitative estimate of drug-likeness (QED) is 0.506. The van der Waals surface area contributed by atoms with Crippen LogP contribution in [0.4, 0.5) is 0 Å². The smallest absolute Gasteiger partial charge is 0.326 e. The second-order valence-corrected chi connectivity index (χ2v) is 8.30. The van der Waals surface area contributed by atoms with Gasteiger partial charge < -0.3 is 9.97 Å². The van der Waals surface area contributed by atoms with Gasteiger partial charge >= 0.3 is 5.69 Å². The van der Waals surface area contributed by atoms with Crippen molar-refractivity contribution < 1.29 is 4.79 Å². The highest BCUT2D eigenvalue weighted by Gasteiger charge is 2.30. The molecule has 5 rings (SSSR count). The largest absolute Gasteiger partial charge is 0.358 e. The normalized spacial score (nSPS) is 17.0. The lowest BCUT2D eigenvalue weighted by atomic mass is 9.97. The maximum atomic E-state index is 13.4. The molecule has 1 fully saturated rings. The third-order valence-electron chi connectivity index (χ3n) is 6.56. The zero-order valence-electron chi connectivity index (χ0n) is 17.3. The number of likely N-dealkylation sites (tertiary alicyclic amines) is 1. The number of carbonyl (C=O) groups is 1. The van der Waals surface area contributed by atoms with Crippen LogP contribution in [0.5, 0.6) is 0 Å². The predicted octanol–water partition coefficient (Wildman–Crippen LogP) is 4.03. The van der Waals surface area contributed by atoms with Crippen molar-refractivity contribution in [1.29, 1.82) is 0 Å². The first kappa shape index (κ1) is 18.9. The summed E-state index contributed by atoms with van der Waals surface area (Å²) in [6.07, 6.45) is 1.71. The highest BCUT2D eigenvalue weighted by Crippen LogP contribution is 2.28. The molecule has 1 atom stereocenters. The molecular weight excluding hydrogens is 376 g/mol. The van der Waals surface area contributed by atoms with Gasteiger partial charge in [-0.1, -0.05) is 30.3 Å². The lowest BCUT2D eigenvalue weighted by Gasteiger charge is -2.35. The molecule has 0 amide bonds. The highest BCUT2D eigenvalue weighted by atomic mass is 16.1. The number of nitrogens with zero attached hydrogens (tertiary/aromatic N) is 2. The Bertz CT molecular complexity index is 1290. The van der Waals surface area contributed by atoms with Crippen LogP contribution in [0.1, 0.15) is 41.9 Å². The van der Waals surface area contributed by atoms with Gasteiger partial charge in [-0.2, -0.15) is 0 Å². The summed E-state index contributed by atoms with van der Waals surface area (Å²) in [5.74, 6) is 0.160. The molecule has 0 aliphatic carbocycles. The number of nitrogens with one attached hydrogen (secondary N) is 2. The number of fused-ring (bicyclic) bond motifs is 2. The van der Waals surface area contributed by atoms with Crippen molar-refractivity contribution in [3.05, 3.63) is 70.3 Å². The number of imidazole rings is 1. The molecule has 1 aliphatic heterocycles. The van der Waals surface area contributed by atoms with Gasteiger partial charge in [0.2, 0.25) is 0 Å². The molecule has 0 saturated carbocycles. The number of hydrogen-bond donors (Lipinski definition) is 2. The van der Waals surface area contributed by atoms with Crippen molar-refractivity contribution in [3.8, 4) is 0 Å². The number of ketones is 1. The van der Waals surface area contributed by atoms with Crippen LogP contribution in [0, 0.1) is 6.92 Å². The van der Waals surface area contributed by atoms with E-state index in [0.717, 1.165) is 59.1 Å². The Kier molecular flexibility index (Phi) is 4.59. The van der Waals surface area contributed by atoms with E-state index in [0.29, 0.717) is 0 Å². The van der Waals surface area contributed by atoms with Crippen molar-refractivity contribution in [2.75, 3.05) is 13.1 Å². The van der Waals surface area contributed by atoms with Gasteiger partial charge in [0.1, 0.15) is 0 Å². The van der Waals surface area contributed by atoms with Crippen molar-refractivity contribution in [1.82, 2.24) is 19.4 Å². The van der Waals surface area contributed by atoms with E-state index in [1.54, 1.807) is 0 Å². The van der Waals surface area contributed by atoms with Crippen molar-refractivity contribution in [2.24, 2.45) is 0 Å². The summed E-state index contributed by atoms with van der Waals surface area (Å²) >= 11 is 0. The minimum atomic E-state index is -0.191. The van der Waals surface area contributed by atoms with Gasteiger partial charge in [-0.15, -0.1) is 0 Å². The number of piperidine rings is 1. The summed E-state index contributed by atoms with van der Waals surface area (Å²) in [6.45, 7) is 5.56. The summed E-state index contributed by atoms with van der Waals surface area (Å²) < 4.78 is 1.89. The van der Waals surface area contributed by atoms with Crippen LogP contribution in [0.15, 0.2) is 53.3 Å². The Morgan fingerprint density at radius 2 is 1.67 bits per heavy atom. The zero-order valence-corrected chi connectivity index (χ0v) is 17.3. The first-order chi connectivity index (χ1) is 14.5. The standard InChI is InChI=1S/C24H26N4O2/c1-15-22(18-7-3-4-8-19(18)25-15)23(29)16(2)27-13-11-17(12-14-27)28-21-10-6-5-9-20(21)26-24(28)30/h3-10,16-17,25H,11-14H2,1-2H3,(H,26,30)/t16-/m0/s1. The maximum Gasteiger partial charge on any atom is 0.326 e. The second kappa shape index (κ2) is 7.29. The molecule has 2 aromatic carbocycles. The molecule has 2 aromatic heterocycles. The number of H-pyrrole nitrogens is 2. The number of rotatable bonds is 4. The zero-order chi connectivity index (χ0) is 20.8. The van der Waals surface area contributed by atoms with Crippen molar-refractivity contribution in [3.63, 3.8) is 0 Å². The molecular formula is C24H26N4O2. The summed E-state index contributed by atoms with van der Waals surface area (Å²) in [6, 6.07) is 15.8. The summed E-state index contributed by atoms with van der Waals surface area (Å²) in [5.41, 5.74) is 4.51. The highest BCUT2D eigenvalue weighted by molar-refractivity contribution is 6.11. The molecule has 0 radical (unpaired) electrons. The van der Waals surface area contributed by atoms with E-state index < -0.39 is 0 Å². The molecule has 1 aliphatic rings. The molecule has 2 N–H and O–H groups in total. The van der Waals surface area contributed by atoms with E-state index in [2.05, 4.69) is 14.9 Å². The number of carbonyl (C=O) groups excluding carboxylic acids is 1. The fourth-order valence-electron chi connectivity index (χ4n) is 4.94. The molecule has 0 bridgehead atoms. The number of aromatic amines is 2. The summed E-state index contributed by atoms with van der Waals surface area (Å²) in [4.78, 5) is 34.4. The van der Waals surface area contributed by atoms with Crippen LogP contribution in [-0.2, 0) is 0 Å². The molecule has 154 valence electrons. The lowest BCUT2D eigenvalue weighted by Crippen LogP contribution is -2.45. The first-order valence-electron chi connectivity index (χ1n) is 10.6. The Balaban J connectivity index is 1.35. The molecule has 1 saturated heterocycles. The monoisotopic (exact) mass is 402 g/mol. The average Bonchev–Trinajstić information content (AvgIpc) is 3.28. The maximum absolute atomic E-state index is 13.4. The van der Waals surface area contributed by atoms with Gasteiger partial charge in [-0.3, -0.25) is 14.3 Å². The molecule has 3 heterocycles. The van der Waals surface area contributed by atoms with Gasteiger partial charge in [-0.05, 0) is 44.9 Å². The van der Waals surface area contributed by atoms with E-state index in [-0.39, 0.29) is 23.6 Å². The number of benzene rings is 2. The van der Waals surface area contributed by atoms with Gasteiger partial charge in [0, 0.05) is 41.3 Å². The van der Waals surface area contributed by atoms with Crippen LogP contribution >= 0.6 is 0 Å². The average molecular weight is 402 g/mol. The van der Waals surface area contributed by atoms with Gasteiger partial charge in [0.05, 0.1) is 17.1 Å². The number of para-hydroxylation sites is 3. The minimum absolute atomic E-state index is 0.0480. The summed E-state index contributed by atoms with van der Waals surface area (Å²) in [5, 5.41) is 0.993. The Hall–Kier alpha value is -3.12. The number of aromatic nitrogens is 3. The SMILES string of the molecule is Cc1[nH]c2ccccc2c1C(=O)[C@H](C)N1CCC(n2c(=O)[nH]c3ccccc32)CC1. The lowest BCUT2D eigenvalue weighted by molar-refractivity contribution is 0.0777. The Labute approximate surface area is 174 Å².